The number of carbonyl (C=O) groups excluding carboxylic acids is 1. The summed E-state index contributed by atoms with van der Waals surface area (Å²) in [4.78, 5) is 14.1. The van der Waals surface area contributed by atoms with Crippen molar-refractivity contribution in [1.82, 2.24) is 4.90 Å². The Bertz CT molecular complexity index is 467. The number of benzene rings is 1. The van der Waals surface area contributed by atoms with Crippen molar-refractivity contribution in [1.29, 1.82) is 0 Å². The number of anilines is 1. The van der Waals surface area contributed by atoms with Crippen molar-refractivity contribution in [2.45, 2.75) is 32.2 Å². The molecule has 3 nitrogen and oxygen atoms in total. The maximum atomic E-state index is 13.0. The normalized spacial score (nSPS) is 20.3. The summed E-state index contributed by atoms with van der Waals surface area (Å²) in [7, 11) is 0. The molecule has 1 saturated heterocycles. The molecule has 5 heteroatoms. The van der Waals surface area contributed by atoms with Gasteiger partial charge in [-0.15, -0.1) is 0 Å². The standard InChI is InChI=1S/C14H18ClFN2O/c1-10-4-2-3-7-18(10)9-14(19)17-11-5-6-13(16)12(15)8-11/h5-6,8,10H,2-4,7,9H2,1H3,(H,17,19)/t10-/m1/s1. The molecule has 1 heterocycles. The Hall–Kier alpha value is -1.13. The van der Waals surface area contributed by atoms with Crippen LogP contribution < -0.4 is 5.32 Å². The van der Waals surface area contributed by atoms with E-state index < -0.39 is 5.82 Å². The maximum absolute atomic E-state index is 13.0. The van der Waals surface area contributed by atoms with Gasteiger partial charge in [-0.05, 0) is 44.5 Å². The van der Waals surface area contributed by atoms with Crippen LogP contribution in [0.5, 0.6) is 0 Å². The summed E-state index contributed by atoms with van der Waals surface area (Å²) in [5, 5.41) is 2.76. The van der Waals surface area contributed by atoms with Gasteiger partial charge < -0.3 is 5.32 Å². The summed E-state index contributed by atoms with van der Waals surface area (Å²) in [6, 6.07) is 4.63. The van der Waals surface area contributed by atoms with E-state index >= 15 is 0 Å². The van der Waals surface area contributed by atoms with Crippen LogP contribution in [-0.2, 0) is 4.79 Å². The molecule has 0 radical (unpaired) electrons. The van der Waals surface area contributed by atoms with E-state index in [4.69, 9.17) is 11.6 Å². The smallest absolute Gasteiger partial charge is 0.238 e. The van der Waals surface area contributed by atoms with Gasteiger partial charge >= 0.3 is 0 Å². The summed E-state index contributed by atoms with van der Waals surface area (Å²) in [5.41, 5.74) is 0.529. The molecule has 1 aromatic carbocycles. The van der Waals surface area contributed by atoms with E-state index in [2.05, 4.69) is 17.1 Å². The van der Waals surface area contributed by atoms with Crippen LogP contribution >= 0.6 is 11.6 Å². The molecule has 1 aliphatic heterocycles. The first-order valence-electron chi connectivity index (χ1n) is 6.55. The van der Waals surface area contributed by atoms with Crippen LogP contribution in [0.25, 0.3) is 0 Å². The van der Waals surface area contributed by atoms with Crippen molar-refractivity contribution in [3.63, 3.8) is 0 Å². The van der Waals surface area contributed by atoms with E-state index in [1.807, 2.05) is 0 Å². The van der Waals surface area contributed by atoms with E-state index in [1.54, 1.807) is 0 Å². The zero-order valence-corrected chi connectivity index (χ0v) is 11.7. The number of piperidine rings is 1. The zero-order chi connectivity index (χ0) is 13.8. The zero-order valence-electron chi connectivity index (χ0n) is 11.0. The van der Waals surface area contributed by atoms with Crippen molar-refractivity contribution in [2.75, 3.05) is 18.4 Å². The Balaban J connectivity index is 1.91. The lowest BCUT2D eigenvalue weighted by molar-refractivity contribution is -0.118. The third-order valence-electron chi connectivity index (χ3n) is 3.49. The highest BCUT2D eigenvalue weighted by molar-refractivity contribution is 6.31. The third kappa shape index (κ3) is 3.91. The quantitative estimate of drug-likeness (QED) is 0.924. The average Bonchev–Trinajstić information content (AvgIpc) is 2.37. The van der Waals surface area contributed by atoms with Gasteiger partial charge in [0.1, 0.15) is 5.82 Å². The minimum atomic E-state index is -0.482. The molecule has 2 rings (SSSR count). The molecule has 1 aliphatic rings. The van der Waals surface area contributed by atoms with Gasteiger partial charge in [-0.1, -0.05) is 18.0 Å². The van der Waals surface area contributed by atoms with Crippen molar-refractivity contribution >= 4 is 23.2 Å². The highest BCUT2D eigenvalue weighted by atomic mass is 35.5. The van der Waals surface area contributed by atoms with Gasteiger partial charge in [0.2, 0.25) is 5.91 Å². The number of rotatable bonds is 3. The molecule has 0 bridgehead atoms. The maximum Gasteiger partial charge on any atom is 0.238 e. The second kappa shape index (κ2) is 6.35. The molecular weight excluding hydrogens is 267 g/mol. The van der Waals surface area contributed by atoms with Gasteiger partial charge in [0.25, 0.3) is 0 Å². The number of hydrogen-bond donors (Lipinski definition) is 1. The number of halogens is 2. The van der Waals surface area contributed by atoms with E-state index in [-0.39, 0.29) is 10.9 Å². The van der Waals surface area contributed by atoms with Crippen LogP contribution in [-0.4, -0.2) is 29.9 Å². The summed E-state index contributed by atoms with van der Waals surface area (Å²) in [6.45, 7) is 3.47. The first kappa shape index (κ1) is 14.3. The minimum absolute atomic E-state index is 0.0177. The van der Waals surface area contributed by atoms with E-state index in [0.717, 1.165) is 19.4 Å². The van der Waals surface area contributed by atoms with Crippen LogP contribution in [0.3, 0.4) is 0 Å². The molecule has 1 N–H and O–H groups in total. The van der Waals surface area contributed by atoms with Gasteiger partial charge in [0.15, 0.2) is 0 Å². The number of likely N-dealkylation sites (tertiary alicyclic amines) is 1. The highest BCUT2D eigenvalue weighted by Crippen LogP contribution is 2.20. The lowest BCUT2D eigenvalue weighted by Gasteiger charge is -2.32. The fourth-order valence-corrected chi connectivity index (χ4v) is 2.53. The molecular formula is C14H18ClFN2O. The number of amides is 1. The Morgan fingerprint density at radius 1 is 1.53 bits per heavy atom. The van der Waals surface area contributed by atoms with Gasteiger partial charge in [-0.25, -0.2) is 4.39 Å². The van der Waals surface area contributed by atoms with Crippen LogP contribution in [0.15, 0.2) is 18.2 Å². The molecule has 0 aromatic heterocycles. The number of nitrogens with zero attached hydrogens (tertiary/aromatic N) is 1. The van der Waals surface area contributed by atoms with Crippen LogP contribution in [0.2, 0.25) is 5.02 Å². The molecule has 19 heavy (non-hydrogen) atoms. The molecule has 0 unspecified atom stereocenters. The van der Waals surface area contributed by atoms with Crippen LogP contribution in [0.4, 0.5) is 10.1 Å². The van der Waals surface area contributed by atoms with Crippen molar-refractivity contribution < 1.29 is 9.18 Å². The molecule has 1 amide bonds. The first-order valence-corrected chi connectivity index (χ1v) is 6.93. The number of carbonyl (C=O) groups is 1. The largest absolute Gasteiger partial charge is 0.325 e. The predicted octanol–water partition coefficient (Wildman–Crippen LogP) is 3.29. The summed E-state index contributed by atoms with van der Waals surface area (Å²) in [6.07, 6.45) is 3.50. The third-order valence-corrected chi connectivity index (χ3v) is 3.78. The van der Waals surface area contributed by atoms with E-state index in [1.165, 1.54) is 24.6 Å². The Labute approximate surface area is 117 Å². The van der Waals surface area contributed by atoms with E-state index in [0.29, 0.717) is 18.3 Å². The van der Waals surface area contributed by atoms with Gasteiger partial charge in [0.05, 0.1) is 11.6 Å². The van der Waals surface area contributed by atoms with Crippen molar-refractivity contribution in [3.05, 3.63) is 29.0 Å². The monoisotopic (exact) mass is 284 g/mol. The molecule has 0 spiro atoms. The molecule has 104 valence electrons. The van der Waals surface area contributed by atoms with Gasteiger partial charge in [-0.3, -0.25) is 9.69 Å². The summed E-state index contributed by atoms with van der Waals surface area (Å²) >= 11 is 5.68. The molecule has 0 aliphatic carbocycles. The molecule has 1 aromatic rings. The Morgan fingerprint density at radius 2 is 2.32 bits per heavy atom. The number of nitrogens with one attached hydrogen (secondary N) is 1. The first-order chi connectivity index (χ1) is 9.06. The predicted molar refractivity (Wildman–Crippen MR) is 74.9 cm³/mol. The van der Waals surface area contributed by atoms with Crippen LogP contribution in [0, 0.1) is 5.82 Å². The molecule has 1 atom stereocenters. The van der Waals surface area contributed by atoms with E-state index in [9.17, 15) is 9.18 Å². The number of hydrogen-bond acceptors (Lipinski definition) is 2. The second-order valence-corrected chi connectivity index (χ2v) is 5.40. The summed E-state index contributed by atoms with van der Waals surface area (Å²) in [5.74, 6) is -0.569. The lowest BCUT2D eigenvalue weighted by Crippen LogP contribution is -2.42. The van der Waals surface area contributed by atoms with Gasteiger partial charge in [0, 0.05) is 11.7 Å². The topological polar surface area (TPSA) is 32.3 Å². The Kier molecular flexibility index (Phi) is 4.77. The van der Waals surface area contributed by atoms with Gasteiger partial charge in [-0.2, -0.15) is 0 Å². The Morgan fingerprint density at radius 3 is 3.00 bits per heavy atom. The van der Waals surface area contributed by atoms with Crippen LogP contribution in [0.1, 0.15) is 26.2 Å². The fourth-order valence-electron chi connectivity index (χ4n) is 2.35. The van der Waals surface area contributed by atoms with Crippen molar-refractivity contribution in [3.8, 4) is 0 Å². The lowest BCUT2D eigenvalue weighted by atomic mass is 10.0. The molecule has 0 saturated carbocycles. The summed E-state index contributed by atoms with van der Waals surface area (Å²) < 4.78 is 13.0. The van der Waals surface area contributed by atoms with Crippen molar-refractivity contribution in [2.24, 2.45) is 0 Å². The molecule has 1 fully saturated rings. The highest BCUT2D eigenvalue weighted by Gasteiger charge is 2.20. The minimum Gasteiger partial charge on any atom is -0.325 e. The second-order valence-electron chi connectivity index (χ2n) is 4.99. The average molecular weight is 285 g/mol. The SMILES string of the molecule is C[C@@H]1CCCCN1CC(=O)Nc1ccc(F)c(Cl)c1. The fraction of sp³-hybridized carbons (Fsp3) is 0.500.